The highest BCUT2D eigenvalue weighted by molar-refractivity contribution is 7.92. The molecule has 0 aliphatic rings. The van der Waals surface area contributed by atoms with Crippen molar-refractivity contribution in [3.63, 3.8) is 0 Å². The second-order valence-electron chi connectivity index (χ2n) is 4.95. The van der Waals surface area contributed by atoms with Gasteiger partial charge in [-0.15, -0.1) is 0 Å². The largest absolute Gasteiger partial charge is 0.352 e. The molecule has 0 spiro atoms. The molecular formula is C16H19N3O3S. The molecule has 0 bridgehead atoms. The molecule has 2 aromatic rings. The summed E-state index contributed by atoms with van der Waals surface area (Å²) in [6.45, 7) is 2.53. The van der Waals surface area contributed by atoms with E-state index in [0.29, 0.717) is 12.2 Å². The number of hydrogen-bond acceptors (Lipinski definition) is 4. The Morgan fingerprint density at radius 1 is 1.17 bits per heavy atom. The lowest BCUT2D eigenvalue weighted by molar-refractivity contribution is 0.0950. The predicted octanol–water partition coefficient (Wildman–Crippen LogP) is 2.41. The number of unbranched alkanes of at least 4 members (excludes halogenated alkanes) is 1. The minimum atomic E-state index is -3.87. The summed E-state index contributed by atoms with van der Waals surface area (Å²) in [5.41, 5.74) is 0.466. The fourth-order valence-electron chi connectivity index (χ4n) is 2.00. The summed E-state index contributed by atoms with van der Waals surface area (Å²) in [5, 5.41) is 2.73. The van der Waals surface area contributed by atoms with Crippen LogP contribution in [-0.2, 0) is 10.0 Å². The Labute approximate surface area is 136 Å². The molecular weight excluding hydrogens is 314 g/mol. The molecule has 1 amide bonds. The molecule has 7 heteroatoms. The van der Waals surface area contributed by atoms with Crippen LogP contribution in [0.5, 0.6) is 0 Å². The molecule has 0 aliphatic carbocycles. The van der Waals surface area contributed by atoms with Crippen molar-refractivity contribution < 1.29 is 13.2 Å². The lowest BCUT2D eigenvalue weighted by atomic mass is 10.2. The van der Waals surface area contributed by atoms with Crippen molar-refractivity contribution in [3.05, 3.63) is 54.4 Å². The average molecular weight is 333 g/mol. The van der Waals surface area contributed by atoms with Gasteiger partial charge in [0.2, 0.25) is 0 Å². The SMILES string of the molecule is CCCCNC(=O)c1ccccc1S(=O)(=O)Nc1cccnc1. The van der Waals surface area contributed by atoms with Crippen LogP contribution in [0.3, 0.4) is 0 Å². The van der Waals surface area contributed by atoms with Gasteiger partial charge in [-0.05, 0) is 30.7 Å². The van der Waals surface area contributed by atoms with Crippen LogP contribution in [0.1, 0.15) is 30.1 Å². The molecule has 1 aromatic carbocycles. The van der Waals surface area contributed by atoms with Gasteiger partial charge in [-0.1, -0.05) is 25.5 Å². The number of benzene rings is 1. The zero-order chi connectivity index (χ0) is 16.7. The number of nitrogens with zero attached hydrogens (tertiary/aromatic N) is 1. The molecule has 1 heterocycles. The van der Waals surface area contributed by atoms with Gasteiger partial charge in [-0.3, -0.25) is 14.5 Å². The second-order valence-corrected chi connectivity index (χ2v) is 6.60. The van der Waals surface area contributed by atoms with Gasteiger partial charge in [0.1, 0.15) is 4.90 Å². The molecule has 2 rings (SSSR count). The van der Waals surface area contributed by atoms with Crippen LogP contribution >= 0.6 is 0 Å². The van der Waals surface area contributed by atoms with E-state index in [-0.39, 0.29) is 10.5 Å². The molecule has 0 unspecified atom stereocenters. The number of rotatable bonds is 7. The maximum Gasteiger partial charge on any atom is 0.262 e. The van der Waals surface area contributed by atoms with Crippen LogP contribution < -0.4 is 10.0 Å². The van der Waals surface area contributed by atoms with Gasteiger partial charge in [0.15, 0.2) is 0 Å². The fourth-order valence-corrected chi connectivity index (χ4v) is 3.24. The van der Waals surface area contributed by atoms with E-state index in [0.717, 1.165) is 12.8 Å². The van der Waals surface area contributed by atoms with Crippen molar-refractivity contribution in [1.29, 1.82) is 0 Å². The van der Waals surface area contributed by atoms with Gasteiger partial charge >= 0.3 is 0 Å². The topological polar surface area (TPSA) is 88.2 Å². The van der Waals surface area contributed by atoms with Crippen molar-refractivity contribution in [2.75, 3.05) is 11.3 Å². The summed E-state index contributed by atoms with van der Waals surface area (Å²) in [5.74, 6) is -0.398. The highest BCUT2D eigenvalue weighted by atomic mass is 32.2. The Morgan fingerprint density at radius 3 is 2.65 bits per heavy atom. The van der Waals surface area contributed by atoms with E-state index in [9.17, 15) is 13.2 Å². The van der Waals surface area contributed by atoms with Crippen molar-refractivity contribution in [3.8, 4) is 0 Å². The van der Waals surface area contributed by atoms with Crippen LogP contribution in [0.25, 0.3) is 0 Å². The van der Waals surface area contributed by atoms with E-state index < -0.39 is 15.9 Å². The number of amides is 1. The molecule has 6 nitrogen and oxygen atoms in total. The van der Waals surface area contributed by atoms with Crippen molar-refractivity contribution >= 4 is 21.6 Å². The van der Waals surface area contributed by atoms with Gasteiger partial charge in [0.05, 0.1) is 17.4 Å². The third kappa shape index (κ3) is 4.53. The van der Waals surface area contributed by atoms with Gasteiger partial charge < -0.3 is 5.32 Å². The van der Waals surface area contributed by atoms with Crippen LogP contribution in [-0.4, -0.2) is 25.9 Å². The van der Waals surface area contributed by atoms with Gasteiger partial charge in [-0.25, -0.2) is 8.42 Å². The Balaban J connectivity index is 2.26. The number of pyridine rings is 1. The van der Waals surface area contributed by atoms with Crippen LogP contribution in [0.4, 0.5) is 5.69 Å². The predicted molar refractivity (Wildman–Crippen MR) is 88.7 cm³/mol. The highest BCUT2D eigenvalue weighted by Gasteiger charge is 2.22. The first-order chi connectivity index (χ1) is 11.0. The molecule has 1 aromatic heterocycles. The summed E-state index contributed by atoms with van der Waals surface area (Å²) in [4.78, 5) is 16.0. The van der Waals surface area contributed by atoms with E-state index in [1.165, 1.54) is 18.3 Å². The molecule has 2 N–H and O–H groups in total. The normalized spacial score (nSPS) is 11.0. The first kappa shape index (κ1) is 17.0. The first-order valence-corrected chi connectivity index (χ1v) is 8.83. The van der Waals surface area contributed by atoms with E-state index in [1.54, 1.807) is 30.5 Å². The van der Waals surface area contributed by atoms with Crippen molar-refractivity contribution in [1.82, 2.24) is 10.3 Å². The van der Waals surface area contributed by atoms with E-state index in [2.05, 4.69) is 15.0 Å². The molecule has 0 saturated heterocycles. The number of carbonyl (C=O) groups excluding carboxylic acids is 1. The molecule has 122 valence electrons. The third-order valence-electron chi connectivity index (χ3n) is 3.15. The molecule has 0 aliphatic heterocycles. The average Bonchev–Trinajstić information content (AvgIpc) is 2.55. The number of anilines is 1. The van der Waals surface area contributed by atoms with Crippen LogP contribution in [0.2, 0.25) is 0 Å². The summed E-state index contributed by atoms with van der Waals surface area (Å²) >= 11 is 0. The molecule has 0 atom stereocenters. The zero-order valence-electron chi connectivity index (χ0n) is 12.8. The minimum absolute atomic E-state index is 0.0575. The summed E-state index contributed by atoms with van der Waals surface area (Å²) < 4.78 is 27.5. The minimum Gasteiger partial charge on any atom is -0.352 e. The van der Waals surface area contributed by atoms with E-state index in [1.807, 2.05) is 6.92 Å². The summed E-state index contributed by atoms with van der Waals surface area (Å²) in [7, 11) is -3.87. The fraction of sp³-hybridized carbons (Fsp3) is 0.250. The maximum atomic E-state index is 12.5. The molecule has 0 saturated carbocycles. The van der Waals surface area contributed by atoms with Crippen LogP contribution in [0, 0.1) is 0 Å². The van der Waals surface area contributed by atoms with E-state index >= 15 is 0 Å². The number of sulfonamides is 1. The number of carbonyl (C=O) groups is 1. The Bertz CT molecular complexity index is 761. The molecule has 23 heavy (non-hydrogen) atoms. The second kappa shape index (κ2) is 7.73. The quantitative estimate of drug-likeness (QED) is 0.762. The standard InChI is InChI=1S/C16H19N3O3S/c1-2-3-11-18-16(20)14-8-4-5-9-15(14)23(21,22)19-13-7-6-10-17-12-13/h4-10,12,19H,2-3,11H2,1H3,(H,18,20). The Hall–Kier alpha value is -2.41. The monoisotopic (exact) mass is 333 g/mol. The van der Waals surface area contributed by atoms with Gasteiger partial charge in [0, 0.05) is 12.7 Å². The summed E-state index contributed by atoms with van der Waals surface area (Å²) in [6, 6.07) is 9.35. The first-order valence-electron chi connectivity index (χ1n) is 7.34. The maximum absolute atomic E-state index is 12.5. The molecule has 0 fully saturated rings. The zero-order valence-corrected chi connectivity index (χ0v) is 13.6. The lowest BCUT2D eigenvalue weighted by Crippen LogP contribution is -2.27. The number of nitrogens with one attached hydrogen (secondary N) is 2. The van der Waals surface area contributed by atoms with Crippen LogP contribution in [0.15, 0.2) is 53.7 Å². The smallest absolute Gasteiger partial charge is 0.262 e. The van der Waals surface area contributed by atoms with Crippen molar-refractivity contribution in [2.45, 2.75) is 24.7 Å². The van der Waals surface area contributed by atoms with Crippen molar-refractivity contribution in [2.24, 2.45) is 0 Å². The van der Waals surface area contributed by atoms with E-state index in [4.69, 9.17) is 0 Å². The number of hydrogen-bond donors (Lipinski definition) is 2. The number of aromatic nitrogens is 1. The highest BCUT2D eigenvalue weighted by Crippen LogP contribution is 2.19. The third-order valence-corrected chi connectivity index (χ3v) is 4.59. The molecule has 0 radical (unpaired) electrons. The van der Waals surface area contributed by atoms with Gasteiger partial charge in [0.25, 0.3) is 15.9 Å². The Morgan fingerprint density at radius 2 is 1.96 bits per heavy atom. The Kier molecular flexibility index (Phi) is 5.70. The lowest BCUT2D eigenvalue weighted by Gasteiger charge is -2.12. The summed E-state index contributed by atoms with van der Waals surface area (Å²) in [6.07, 6.45) is 4.74. The van der Waals surface area contributed by atoms with Gasteiger partial charge in [-0.2, -0.15) is 0 Å².